The highest BCUT2D eigenvalue weighted by molar-refractivity contribution is 5.50. The Balaban J connectivity index is 2.20. The first kappa shape index (κ1) is 13.3. The Kier molecular flexibility index (Phi) is 4.34. The summed E-state index contributed by atoms with van der Waals surface area (Å²) in [6.07, 6.45) is 1.53. The zero-order chi connectivity index (χ0) is 13.7. The summed E-state index contributed by atoms with van der Waals surface area (Å²) < 4.78 is 5.84. The van der Waals surface area contributed by atoms with Crippen molar-refractivity contribution in [3.8, 4) is 5.88 Å². The predicted octanol–water partition coefficient (Wildman–Crippen LogP) is 3.22. The monoisotopic (exact) mass is 257 g/mol. The molecule has 0 radical (unpaired) electrons. The molecule has 0 atom stereocenters. The lowest BCUT2D eigenvalue weighted by molar-refractivity contribution is 0.289. The molecule has 0 spiro atoms. The molecule has 0 aliphatic rings. The third kappa shape index (κ3) is 3.22. The molecule has 100 valence electrons. The molecule has 0 bridgehead atoms. The second-order valence-electron chi connectivity index (χ2n) is 4.62. The normalized spacial score (nSPS) is 10.5. The minimum Gasteiger partial charge on any atom is -0.472 e. The molecule has 4 heteroatoms. The van der Waals surface area contributed by atoms with Crippen molar-refractivity contribution < 1.29 is 4.74 Å². The first-order chi connectivity index (χ1) is 9.22. The fourth-order valence-electron chi connectivity index (χ4n) is 1.94. The van der Waals surface area contributed by atoms with Gasteiger partial charge in [0.25, 0.3) is 0 Å². The van der Waals surface area contributed by atoms with E-state index in [0.717, 1.165) is 16.9 Å². The first-order valence-corrected chi connectivity index (χ1v) is 6.41. The van der Waals surface area contributed by atoms with Gasteiger partial charge in [-0.05, 0) is 11.5 Å². The smallest absolute Gasteiger partial charge is 0.222 e. The van der Waals surface area contributed by atoms with Gasteiger partial charge in [-0.25, -0.2) is 9.97 Å². The highest BCUT2D eigenvalue weighted by Gasteiger charge is 2.15. The quantitative estimate of drug-likeness (QED) is 0.893. The summed E-state index contributed by atoms with van der Waals surface area (Å²) in [6.45, 7) is 4.73. The predicted molar refractivity (Wildman–Crippen MR) is 76.4 cm³/mol. The Morgan fingerprint density at radius 2 is 1.89 bits per heavy atom. The lowest BCUT2D eigenvalue weighted by Crippen LogP contribution is -2.07. The van der Waals surface area contributed by atoms with Crippen LogP contribution in [0.15, 0.2) is 36.7 Å². The van der Waals surface area contributed by atoms with Gasteiger partial charge in [-0.1, -0.05) is 44.2 Å². The van der Waals surface area contributed by atoms with Gasteiger partial charge >= 0.3 is 0 Å². The van der Waals surface area contributed by atoms with Crippen LogP contribution in [0, 0.1) is 0 Å². The minimum absolute atomic E-state index is 0.300. The van der Waals surface area contributed by atoms with E-state index in [0.29, 0.717) is 18.4 Å². The van der Waals surface area contributed by atoms with Crippen LogP contribution in [0.5, 0.6) is 5.88 Å². The Bertz CT molecular complexity index is 526. The molecule has 19 heavy (non-hydrogen) atoms. The van der Waals surface area contributed by atoms with Gasteiger partial charge in [0.15, 0.2) is 0 Å². The van der Waals surface area contributed by atoms with Gasteiger partial charge in [0.05, 0.1) is 5.56 Å². The van der Waals surface area contributed by atoms with Crippen molar-refractivity contribution >= 4 is 5.82 Å². The van der Waals surface area contributed by atoms with Crippen molar-refractivity contribution in [2.24, 2.45) is 0 Å². The summed E-state index contributed by atoms with van der Waals surface area (Å²) in [4.78, 5) is 8.48. The molecule has 0 aliphatic heterocycles. The highest BCUT2D eigenvalue weighted by atomic mass is 16.5. The molecule has 0 amide bonds. The maximum atomic E-state index is 5.84. The number of ether oxygens (including phenoxy) is 1. The van der Waals surface area contributed by atoms with E-state index in [9.17, 15) is 0 Å². The second-order valence-corrected chi connectivity index (χ2v) is 4.62. The maximum Gasteiger partial charge on any atom is 0.222 e. The highest BCUT2D eigenvalue weighted by Crippen LogP contribution is 2.30. The van der Waals surface area contributed by atoms with E-state index in [4.69, 9.17) is 4.74 Å². The molecular weight excluding hydrogens is 238 g/mol. The average Bonchev–Trinajstić information content (AvgIpc) is 2.45. The van der Waals surface area contributed by atoms with Crippen molar-refractivity contribution in [2.45, 2.75) is 26.4 Å². The number of aromatic nitrogens is 2. The van der Waals surface area contributed by atoms with Gasteiger partial charge in [0, 0.05) is 7.05 Å². The molecule has 0 fully saturated rings. The number of nitrogens with zero attached hydrogens (tertiary/aromatic N) is 2. The van der Waals surface area contributed by atoms with E-state index in [1.807, 2.05) is 37.4 Å². The summed E-state index contributed by atoms with van der Waals surface area (Å²) >= 11 is 0. The second kappa shape index (κ2) is 6.18. The van der Waals surface area contributed by atoms with Gasteiger partial charge in [-0.15, -0.1) is 0 Å². The molecule has 4 nitrogen and oxygen atoms in total. The largest absolute Gasteiger partial charge is 0.472 e. The Morgan fingerprint density at radius 1 is 1.16 bits per heavy atom. The molecule has 1 aromatic heterocycles. The first-order valence-electron chi connectivity index (χ1n) is 6.41. The Morgan fingerprint density at radius 3 is 2.53 bits per heavy atom. The van der Waals surface area contributed by atoms with Crippen molar-refractivity contribution in [3.63, 3.8) is 0 Å². The fraction of sp³-hybridized carbons (Fsp3) is 0.333. The van der Waals surface area contributed by atoms with Crippen LogP contribution in [0.2, 0.25) is 0 Å². The van der Waals surface area contributed by atoms with Crippen molar-refractivity contribution in [2.75, 3.05) is 12.4 Å². The molecule has 1 aromatic carbocycles. The third-order valence-corrected chi connectivity index (χ3v) is 2.88. The summed E-state index contributed by atoms with van der Waals surface area (Å²) in [5.74, 6) is 1.78. The van der Waals surface area contributed by atoms with Crippen LogP contribution >= 0.6 is 0 Å². The minimum atomic E-state index is 0.300. The van der Waals surface area contributed by atoms with E-state index in [-0.39, 0.29) is 0 Å². The standard InChI is InChI=1S/C15H19N3O/c1-11(2)13-14(16-3)17-10-18-15(13)19-9-12-7-5-4-6-8-12/h4-8,10-11H,9H2,1-3H3,(H,16,17,18). The molecule has 0 aliphatic carbocycles. The molecule has 2 aromatic rings. The SMILES string of the molecule is CNc1ncnc(OCc2ccccc2)c1C(C)C. The van der Waals surface area contributed by atoms with Crippen LogP contribution in [-0.2, 0) is 6.61 Å². The number of anilines is 1. The van der Waals surface area contributed by atoms with Crippen molar-refractivity contribution in [3.05, 3.63) is 47.8 Å². The van der Waals surface area contributed by atoms with Crippen molar-refractivity contribution in [1.82, 2.24) is 9.97 Å². The van der Waals surface area contributed by atoms with E-state index in [2.05, 4.69) is 29.1 Å². The van der Waals surface area contributed by atoms with E-state index in [1.54, 1.807) is 0 Å². The zero-order valence-corrected chi connectivity index (χ0v) is 11.6. The van der Waals surface area contributed by atoms with Crippen LogP contribution in [0.1, 0.15) is 30.9 Å². The third-order valence-electron chi connectivity index (χ3n) is 2.88. The Hall–Kier alpha value is -2.10. The molecular formula is C15H19N3O. The maximum absolute atomic E-state index is 5.84. The molecule has 0 saturated carbocycles. The summed E-state index contributed by atoms with van der Waals surface area (Å²) in [7, 11) is 1.86. The number of benzene rings is 1. The van der Waals surface area contributed by atoms with E-state index >= 15 is 0 Å². The van der Waals surface area contributed by atoms with Gasteiger partial charge in [0.1, 0.15) is 18.8 Å². The summed E-state index contributed by atoms with van der Waals surface area (Å²) in [6, 6.07) is 10.1. The van der Waals surface area contributed by atoms with Gasteiger partial charge < -0.3 is 10.1 Å². The van der Waals surface area contributed by atoms with Crippen LogP contribution in [-0.4, -0.2) is 17.0 Å². The van der Waals surface area contributed by atoms with E-state index in [1.165, 1.54) is 6.33 Å². The topological polar surface area (TPSA) is 47.0 Å². The number of hydrogen-bond donors (Lipinski definition) is 1. The van der Waals surface area contributed by atoms with Crippen LogP contribution < -0.4 is 10.1 Å². The average molecular weight is 257 g/mol. The number of hydrogen-bond acceptors (Lipinski definition) is 4. The molecule has 1 N–H and O–H groups in total. The molecule has 1 heterocycles. The number of nitrogens with one attached hydrogen (secondary N) is 1. The lowest BCUT2D eigenvalue weighted by atomic mass is 10.1. The molecule has 2 rings (SSSR count). The fourth-order valence-corrected chi connectivity index (χ4v) is 1.94. The van der Waals surface area contributed by atoms with Crippen LogP contribution in [0.4, 0.5) is 5.82 Å². The Labute approximate surface area is 113 Å². The van der Waals surface area contributed by atoms with Crippen LogP contribution in [0.25, 0.3) is 0 Å². The summed E-state index contributed by atoms with van der Waals surface area (Å²) in [5.41, 5.74) is 2.14. The van der Waals surface area contributed by atoms with Crippen LogP contribution in [0.3, 0.4) is 0 Å². The van der Waals surface area contributed by atoms with E-state index < -0.39 is 0 Å². The van der Waals surface area contributed by atoms with Gasteiger partial charge in [-0.2, -0.15) is 0 Å². The molecule has 0 saturated heterocycles. The van der Waals surface area contributed by atoms with Crippen molar-refractivity contribution in [1.29, 1.82) is 0 Å². The zero-order valence-electron chi connectivity index (χ0n) is 11.6. The molecule has 0 unspecified atom stereocenters. The summed E-state index contributed by atoms with van der Waals surface area (Å²) in [5, 5.41) is 3.08. The number of rotatable bonds is 5. The van der Waals surface area contributed by atoms with Gasteiger partial charge in [0.2, 0.25) is 5.88 Å². The lowest BCUT2D eigenvalue weighted by Gasteiger charge is -2.15. The van der Waals surface area contributed by atoms with Gasteiger partial charge in [-0.3, -0.25) is 0 Å².